The SMILES string of the molecule is CCCC=C=NS(=O)(=O)c1ccccc1. The summed E-state index contributed by atoms with van der Waals surface area (Å²) in [5, 5.41) is 0. The average Bonchev–Trinajstić information content (AvgIpc) is 2.26. The van der Waals surface area contributed by atoms with Gasteiger partial charge < -0.3 is 0 Å². The van der Waals surface area contributed by atoms with Gasteiger partial charge in [0.1, 0.15) is 0 Å². The zero-order valence-electron chi connectivity index (χ0n) is 8.55. The topological polar surface area (TPSA) is 46.5 Å². The summed E-state index contributed by atoms with van der Waals surface area (Å²) in [5.74, 6) is 2.44. The Morgan fingerprint density at radius 2 is 2.00 bits per heavy atom. The lowest BCUT2D eigenvalue weighted by Gasteiger charge is -1.94. The zero-order chi connectivity index (χ0) is 11.1. The molecule has 1 rings (SSSR count). The lowest BCUT2D eigenvalue weighted by molar-refractivity contribution is 0.598. The number of unbranched alkanes of at least 4 members (excludes halogenated alkanes) is 1. The van der Waals surface area contributed by atoms with Crippen LogP contribution in [0.3, 0.4) is 0 Å². The highest BCUT2D eigenvalue weighted by Crippen LogP contribution is 2.09. The molecular formula is C11H13NO2S. The highest BCUT2D eigenvalue weighted by atomic mass is 32.2. The minimum atomic E-state index is -3.56. The summed E-state index contributed by atoms with van der Waals surface area (Å²) in [4.78, 5) is 0.197. The molecule has 0 saturated carbocycles. The Bertz CT molecular complexity index is 457. The van der Waals surface area contributed by atoms with Gasteiger partial charge in [0.25, 0.3) is 10.0 Å². The molecule has 80 valence electrons. The van der Waals surface area contributed by atoms with Crippen LogP contribution in [0.5, 0.6) is 0 Å². The molecule has 1 aromatic carbocycles. The number of nitrogens with zero attached hydrogens (tertiary/aromatic N) is 1. The highest BCUT2D eigenvalue weighted by molar-refractivity contribution is 7.90. The largest absolute Gasteiger partial charge is 0.289 e. The Morgan fingerprint density at radius 3 is 2.60 bits per heavy atom. The second-order valence-corrected chi connectivity index (χ2v) is 4.61. The standard InChI is InChI=1S/C11H13NO2S/c1-2-3-7-10-12-15(13,14)11-8-5-4-6-9-11/h4-9H,2-3H2,1H3. The smallest absolute Gasteiger partial charge is 0.199 e. The van der Waals surface area contributed by atoms with Gasteiger partial charge in [-0.05, 0) is 30.5 Å². The molecule has 1 aromatic rings. The van der Waals surface area contributed by atoms with E-state index in [0.717, 1.165) is 12.8 Å². The van der Waals surface area contributed by atoms with Crippen molar-refractivity contribution in [3.05, 3.63) is 36.4 Å². The second-order valence-electron chi connectivity index (χ2n) is 3.00. The van der Waals surface area contributed by atoms with E-state index >= 15 is 0 Å². The molecule has 0 amide bonds. The van der Waals surface area contributed by atoms with Crippen LogP contribution in [0.25, 0.3) is 0 Å². The average molecular weight is 223 g/mol. The molecule has 4 heteroatoms. The maximum absolute atomic E-state index is 11.5. The number of hydrogen-bond acceptors (Lipinski definition) is 2. The van der Waals surface area contributed by atoms with Crippen molar-refractivity contribution in [3.63, 3.8) is 0 Å². The number of allylic oxidation sites excluding steroid dienone is 1. The van der Waals surface area contributed by atoms with E-state index in [1.54, 1.807) is 24.3 Å². The van der Waals surface area contributed by atoms with Gasteiger partial charge in [0, 0.05) is 0 Å². The molecule has 0 aliphatic carbocycles. The molecule has 3 nitrogen and oxygen atoms in total. The van der Waals surface area contributed by atoms with Crippen LogP contribution in [-0.2, 0) is 10.0 Å². The summed E-state index contributed by atoms with van der Waals surface area (Å²) < 4.78 is 26.5. The van der Waals surface area contributed by atoms with Gasteiger partial charge >= 0.3 is 0 Å². The Morgan fingerprint density at radius 1 is 1.33 bits per heavy atom. The fourth-order valence-electron chi connectivity index (χ4n) is 0.961. The summed E-state index contributed by atoms with van der Waals surface area (Å²) in [5.41, 5.74) is 0. The van der Waals surface area contributed by atoms with E-state index in [2.05, 4.69) is 10.3 Å². The Hall–Kier alpha value is -1.38. The Balaban J connectivity index is 2.91. The first kappa shape index (κ1) is 11.7. The van der Waals surface area contributed by atoms with Crippen molar-refractivity contribution in [2.75, 3.05) is 0 Å². The number of hydrogen-bond donors (Lipinski definition) is 0. The molecule has 0 aliphatic rings. The molecule has 0 radical (unpaired) electrons. The molecule has 0 N–H and O–H groups in total. The molecule has 0 aromatic heterocycles. The molecule has 0 bridgehead atoms. The van der Waals surface area contributed by atoms with Crippen molar-refractivity contribution in [2.45, 2.75) is 24.7 Å². The fourth-order valence-corrected chi connectivity index (χ4v) is 1.78. The van der Waals surface area contributed by atoms with Crippen LogP contribution in [0, 0.1) is 0 Å². The maximum atomic E-state index is 11.5. The van der Waals surface area contributed by atoms with Crippen molar-refractivity contribution >= 4 is 15.9 Å². The van der Waals surface area contributed by atoms with Crippen LogP contribution in [0.1, 0.15) is 19.8 Å². The summed E-state index contributed by atoms with van der Waals surface area (Å²) in [6.07, 6.45) is 3.36. The van der Waals surface area contributed by atoms with E-state index in [4.69, 9.17) is 0 Å². The fraction of sp³-hybridized carbons (Fsp3) is 0.273. The van der Waals surface area contributed by atoms with Gasteiger partial charge in [0.2, 0.25) is 0 Å². The van der Waals surface area contributed by atoms with E-state index in [1.165, 1.54) is 12.1 Å². The highest BCUT2D eigenvalue weighted by Gasteiger charge is 2.09. The lowest BCUT2D eigenvalue weighted by atomic mass is 10.3. The predicted molar refractivity (Wildman–Crippen MR) is 60.5 cm³/mol. The van der Waals surface area contributed by atoms with E-state index in [1.807, 2.05) is 6.92 Å². The summed E-state index contributed by atoms with van der Waals surface area (Å²) >= 11 is 0. The van der Waals surface area contributed by atoms with E-state index in [9.17, 15) is 8.42 Å². The van der Waals surface area contributed by atoms with E-state index in [0.29, 0.717) is 0 Å². The van der Waals surface area contributed by atoms with Crippen molar-refractivity contribution in [1.29, 1.82) is 0 Å². The predicted octanol–water partition coefficient (Wildman–Crippen LogP) is 2.40. The van der Waals surface area contributed by atoms with Crippen molar-refractivity contribution in [3.8, 4) is 0 Å². The van der Waals surface area contributed by atoms with Gasteiger partial charge in [0.15, 0.2) is 0 Å². The Labute approximate surface area is 90.2 Å². The third-order valence-electron chi connectivity index (χ3n) is 1.74. The van der Waals surface area contributed by atoms with Gasteiger partial charge in [-0.1, -0.05) is 31.5 Å². The summed E-state index contributed by atoms with van der Waals surface area (Å²) in [6, 6.07) is 8.12. The van der Waals surface area contributed by atoms with Gasteiger partial charge in [-0.3, -0.25) is 0 Å². The molecule has 0 atom stereocenters. The number of sulfonamides is 1. The maximum Gasteiger partial charge on any atom is 0.289 e. The minimum Gasteiger partial charge on any atom is -0.199 e. The first-order valence-corrected chi connectivity index (χ1v) is 6.20. The molecule has 0 aliphatic heterocycles. The number of rotatable bonds is 4. The molecular weight excluding hydrogens is 210 g/mol. The Kier molecular flexibility index (Phi) is 4.28. The third-order valence-corrected chi connectivity index (χ3v) is 2.95. The van der Waals surface area contributed by atoms with Gasteiger partial charge in [-0.25, -0.2) is 0 Å². The normalized spacial score (nSPS) is 10.5. The van der Waals surface area contributed by atoms with Crippen molar-refractivity contribution in [1.82, 2.24) is 0 Å². The monoisotopic (exact) mass is 223 g/mol. The third kappa shape index (κ3) is 3.70. The minimum absolute atomic E-state index is 0.197. The second kappa shape index (κ2) is 5.49. The van der Waals surface area contributed by atoms with Crippen molar-refractivity contribution < 1.29 is 8.42 Å². The number of benzene rings is 1. The van der Waals surface area contributed by atoms with Crippen LogP contribution < -0.4 is 0 Å². The first-order chi connectivity index (χ1) is 7.17. The van der Waals surface area contributed by atoms with E-state index in [-0.39, 0.29) is 4.90 Å². The molecule has 0 spiro atoms. The van der Waals surface area contributed by atoms with Crippen LogP contribution in [0.2, 0.25) is 0 Å². The van der Waals surface area contributed by atoms with Crippen molar-refractivity contribution in [2.24, 2.45) is 4.40 Å². The molecule has 15 heavy (non-hydrogen) atoms. The molecule has 0 saturated heterocycles. The molecule has 0 heterocycles. The molecule has 0 fully saturated rings. The van der Waals surface area contributed by atoms with Gasteiger partial charge in [0.05, 0.1) is 4.90 Å². The van der Waals surface area contributed by atoms with E-state index < -0.39 is 10.0 Å². The summed E-state index contributed by atoms with van der Waals surface area (Å²) in [6.45, 7) is 2.00. The molecule has 0 unspecified atom stereocenters. The van der Waals surface area contributed by atoms with Gasteiger partial charge in [-0.2, -0.15) is 8.42 Å². The van der Waals surface area contributed by atoms with Crippen LogP contribution >= 0.6 is 0 Å². The van der Waals surface area contributed by atoms with Crippen LogP contribution in [-0.4, -0.2) is 14.3 Å². The van der Waals surface area contributed by atoms with Crippen LogP contribution in [0.15, 0.2) is 45.7 Å². The van der Waals surface area contributed by atoms with Crippen LogP contribution in [0.4, 0.5) is 0 Å². The van der Waals surface area contributed by atoms with Gasteiger partial charge in [-0.15, -0.1) is 4.40 Å². The quantitative estimate of drug-likeness (QED) is 0.736. The summed E-state index contributed by atoms with van der Waals surface area (Å²) in [7, 11) is -3.56. The first-order valence-electron chi connectivity index (χ1n) is 4.76. The zero-order valence-corrected chi connectivity index (χ0v) is 9.37. The lowest BCUT2D eigenvalue weighted by Crippen LogP contribution is -1.95.